The lowest BCUT2D eigenvalue weighted by Crippen LogP contribution is -2.12. The van der Waals surface area contributed by atoms with E-state index in [-0.39, 0.29) is 11.3 Å². The number of benzene rings is 1. The van der Waals surface area contributed by atoms with Crippen molar-refractivity contribution in [1.82, 2.24) is 0 Å². The van der Waals surface area contributed by atoms with Crippen molar-refractivity contribution in [1.29, 1.82) is 0 Å². The van der Waals surface area contributed by atoms with Crippen LogP contribution in [0.25, 0.3) is 0 Å². The van der Waals surface area contributed by atoms with Crippen molar-refractivity contribution in [3.05, 3.63) is 23.8 Å². The van der Waals surface area contributed by atoms with Crippen LogP contribution in [0.4, 0.5) is 0 Å². The second-order valence-electron chi connectivity index (χ2n) is 2.85. The summed E-state index contributed by atoms with van der Waals surface area (Å²) in [5.41, 5.74) is -0.0342. The minimum absolute atomic E-state index is 0.0342. The molecule has 1 aromatic rings. The Bertz CT molecular complexity index is 416. The Balaban J connectivity index is 2.98. The third-order valence-electron chi connectivity index (χ3n) is 1.77. The maximum atomic E-state index is 10.9. The number of rotatable bonds is 5. The van der Waals surface area contributed by atoms with Gasteiger partial charge >= 0.3 is 11.9 Å². The van der Waals surface area contributed by atoms with Gasteiger partial charge in [-0.2, -0.15) is 0 Å². The van der Waals surface area contributed by atoms with Gasteiger partial charge in [-0.3, -0.25) is 0 Å². The van der Waals surface area contributed by atoms with Gasteiger partial charge in [-0.15, -0.1) is 11.8 Å². The molecule has 0 spiro atoms. The SMILES string of the molecule is CSc1ccc(OCC(=O)O)c(C(=O)O)c1. The second kappa shape index (κ2) is 5.41. The zero-order valence-corrected chi connectivity index (χ0v) is 9.28. The summed E-state index contributed by atoms with van der Waals surface area (Å²) in [5.74, 6) is -2.23. The van der Waals surface area contributed by atoms with Gasteiger partial charge in [0, 0.05) is 4.90 Å². The van der Waals surface area contributed by atoms with E-state index < -0.39 is 18.5 Å². The number of hydrogen-bond acceptors (Lipinski definition) is 4. The second-order valence-corrected chi connectivity index (χ2v) is 3.73. The summed E-state index contributed by atoms with van der Waals surface area (Å²) in [6.07, 6.45) is 1.82. The Labute approximate surface area is 96.0 Å². The summed E-state index contributed by atoms with van der Waals surface area (Å²) in [6, 6.07) is 4.58. The zero-order valence-electron chi connectivity index (χ0n) is 8.47. The lowest BCUT2D eigenvalue weighted by molar-refractivity contribution is -0.139. The third kappa shape index (κ3) is 3.16. The van der Waals surface area contributed by atoms with Gasteiger partial charge in [-0.1, -0.05) is 0 Å². The van der Waals surface area contributed by atoms with Crippen molar-refractivity contribution < 1.29 is 24.5 Å². The predicted molar refractivity (Wildman–Crippen MR) is 58.3 cm³/mol. The molecule has 0 amide bonds. The highest BCUT2D eigenvalue weighted by Crippen LogP contribution is 2.24. The van der Waals surface area contributed by atoms with E-state index in [0.717, 1.165) is 4.90 Å². The van der Waals surface area contributed by atoms with Crippen LogP contribution in [-0.2, 0) is 4.79 Å². The first kappa shape index (κ1) is 12.4. The molecule has 0 bridgehead atoms. The molecule has 0 aliphatic carbocycles. The number of aromatic carboxylic acids is 1. The fourth-order valence-corrected chi connectivity index (χ4v) is 1.51. The van der Waals surface area contributed by atoms with Crippen LogP contribution in [-0.4, -0.2) is 35.0 Å². The fraction of sp³-hybridized carbons (Fsp3) is 0.200. The van der Waals surface area contributed by atoms with Crippen LogP contribution < -0.4 is 4.74 Å². The Kier molecular flexibility index (Phi) is 4.19. The highest BCUT2D eigenvalue weighted by atomic mass is 32.2. The van der Waals surface area contributed by atoms with Crippen molar-refractivity contribution in [3.63, 3.8) is 0 Å². The Morgan fingerprint density at radius 2 is 2.06 bits per heavy atom. The van der Waals surface area contributed by atoms with Crippen LogP contribution in [0.3, 0.4) is 0 Å². The average molecular weight is 242 g/mol. The van der Waals surface area contributed by atoms with E-state index in [4.69, 9.17) is 14.9 Å². The minimum atomic E-state index is -1.15. The van der Waals surface area contributed by atoms with E-state index in [0.29, 0.717) is 0 Å². The number of carboxylic acids is 2. The van der Waals surface area contributed by atoms with Crippen molar-refractivity contribution in [3.8, 4) is 5.75 Å². The Morgan fingerprint density at radius 3 is 2.56 bits per heavy atom. The van der Waals surface area contributed by atoms with Gasteiger partial charge < -0.3 is 14.9 Å². The fourth-order valence-electron chi connectivity index (χ4n) is 1.07. The van der Waals surface area contributed by atoms with Crippen LogP contribution in [0.1, 0.15) is 10.4 Å². The molecule has 0 unspecified atom stereocenters. The molecule has 6 heteroatoms. The standard InChI is InChI=1S/C10H10O5S/c1-16-6-2-3-8(15-5-9(11)12)7(4-6)10(13)14/h2-4H,5H2,1H3,(H,11,12)(H,13,14). The summed E-state index contributed by atoms with van der Waals surface area (Å²) < 4.78 is 4.87. The van der Waals surface area contributed by atoms with E-state index in [1.807, 2.05) is 6.26 Å². The molecule has 0 atom stereocenters. The molecular formula is C10H10O5S. The van der Waals surface area contributed by atoms with Gasteiger partial charge in [0.15, 0.2) is 6.61 Å². The lowest BCUT2D eigenvalue weighted by atomic mass is 10.2. The molecule has 16 heavy (non-hydrogen) atoms. The van der Waals surface area contributed by atoms with Crippen molar-refractivity contribution in [2.45, 2.75) is 4.90 Å². The molecule has 0 aromatic heterocycles. The van der Waals surface area contributed by atoms with Crippen molar-refractivity contribution in [2.24, 2.45) is 0 Å². The van der Waals surface area contributed by atoms with Crippen molar-refractivity contribution in [2.75, 3.05) is 12.9 Å². The highest BCUT2D eigenvalue weighted by molar-refractivity contribution is 7.98. The molecule has 1 rings (SSSR count). The summed E-state index contributed by atoms with van der Waals surface area (Å²) in [5, 5.41) is 17.3. The van der Waals surface area contributed by atoms with E-state index in [1.165, 1.54) is 23.9 Å². The third-order valence-corrected chi connectivity index (χ3v) is 2.49. The summed E-state index contributed by atoms with van der Waals surface area (Å²) in [6.45, 7) is -0.557. The first-order chi connectivity index (χ1) is 7.54. The van der Waals surface area contributed by atoms with E-state index >= 15 is 0 Å². The van der Waals surface area contributed by atoms with Gasteiger partial charge in [-0.05, 0) is 24.5 Å². The summed E-state index contributed by atoms with van der Waals surface area (Å²) >= 11 is 1.40. The van der Waals surface area contributed by atoms with E-state index in [1.54, 1.807) is 6.07 Å². The summed E-state index contributed by atoms with van der Waals surface area (Å²) in [7, 11) is 0. The van der Waals surface area contributed by atoms with E-state index in [9.17, 15) is 9.59 Å². The Hall–Kier alpha value is -1.69. The molecule has 5 nitrogen and oxygen atoms in total. The average Bonchev–Trinajstić information content (AvgIpc) is 2.25. The Morgan fingerprint density at radius 1 is 1.38 bits per heavy atom. The molecule has 1 aromatic carbocycles. The molecule has 0 fully saturated rings. The van der Waals surface area contributed by atoms with E-state index in [2.05, 4.69) is 0 Å². The zero-order chi connectivity index (χ0) is 12.1. The molecule has 0 saturated carbocycles. The maximum absolute atomic E-state index is 10.9. The molecule has 0 aliphatic rings. The predicted octanol–water partition coefficient (Wildman–Crippen LogP) is 1.57. The lowest BCUT2D eigenvalue weighted by Gasteiger charge is -2.08. The number of aliphatic carboxylic acids is 1. The van der Waals surface area contributed by atoms with Gasteiger partial charge in [0.25, 0.3) is 0 Å². The van der Waals surface area contributed by atoms with Gasteiger partial charge in [0.05, 0.1) is 0 Å². The molecule has 0 radical (unpaired) electrons. The molecule has 86 valence electrons. The molecule has 0 heterocycles. The van der Waals surface area contributed by atoms with Crippen LogP contribution in [0.2, 0.25) is 0 Å². The smallest absolute Gasteiger partial charge is 0.341 e. The molecule has 0 aliphatic heterocycles. The quantitative estimate of drug-likeness (QED) is 0.762. The van der Waals surface area contributed by atoms with Crippen LogP contribution in [0.15, 0.2) is 23.1 Å². The largest absolute Gasteiger partial charge is 0.481 e. The first-order valence-electron chi connectivity index (χ1n) is 4.30. The van der Waals surface area contributed by atoms with Crippen LogP contribution in [0.5, 0.6) is 5.75 Å². The normalized spacial score (nSPS) is 9.81. The summed E-state index contributed by atoms with van der Waals surface area (Å²) in [4.78, 5) is 22.0. The number of thioether (sulfide) groups is 1. The minimum Gasteiger partial charge on any atom is -0.481 e. The number of ether oxygens (including phenoxy) is 1. The van der Waals surface area contributed by atoms with Gasteiger partial charge in [-0.25, -0.2) is 9.59 Å². The molecule has 2 N–H and O–H groups in total. The van der Waals surface area contributed by atoms with Crippen LogP contribution >= 0.6 is 11.8 Å². The van der Waals surface area contributed by atoms with Crippen LogP contribution in [0, 0.1) is 0 Å². The first-order valence-corrected chi connectivity index (χ1v) is 5.53. The van der Waals surface area contributed by atoms with Gasteiger partial charge in [0.1, 0.15) is 11.3 Å². The number of hydrogen-bond donors (Lipinski definition) is 2. The topological polar surface area (TPSA) is 83.8 Å². The monoisotopic (exact) mass is 242 g/mol. The maximum Gasteiger partial charge on any atom is 0.341 e. The molecular weight excluding hydrogens is 232 g/mol. The van der Waals surface area contributed by atoms with Gasteiger partial charge in [0.2, 0.25) is 0 Å². The number of carboxylic acid groups (broad SMARTS) is 2. The highest BCUT2D eigenvalue weighted by Gasteiger charge is 2.13. The number of carbonyl (C=O) groups is 2. The molecule has 0 saturated heterocycles. The van der Waals surface area contributed by atoms with Crippen molar-refractivity contribution >= 4 is 23.7 Å².